The zero-order valence-electron chi connectivity index (χ0n) is 13.0. The summed E-state index contributed by atoms with van der Waals surface area (Å²) in [5.74, 6) is -1.08. The maximum absolute atomic E-state index is 12.9. The number of nitrogens with zero attached hydrogens (tertiary/aromatic N) is 2. The second-order valence-corrected chi connectivity index (χ2v) is 5.96. The van der Waals surface area contributed by atoms with Gasteiger partial charge in [-0.15, -0.1) is 0 Å². The van der Waals surface area contributed by atoms with Gasteiger partial charge in [-0.25, -0.2) is 9.78 Å². The molecule has 124 valence electrons. The van der Waals surface area contributed by atoms with Gasteiger partial charge in [0.05, 0.1) is 0 Å². The van der Waals surface area contributed by atoms with E-state index in [0.717, 1.165) is 0 Å². The van der Waals surface area contributed by atoms with Gasteiger partial charge in [0.25, 0.3) is 0 Å². The van der Waals surface area contributed by atoms with Crippen LogP contribution in [0.1, 0.15) is 32.6 Å². The molecule has 0 radical (unpaired) electrons. The van der Waals surface area contributed by atoms with Crippen LogP contribution in [0.3, 0.4) is 0 Å². The Kier molecular flexibility index (Phi) is 5.30. The second kappa shape index (κ2) is 7.81. The Bertz CT molecular complexity index is 885. The molecule has 25 heavy (non-hydrogen) atoms. The Morgan fingerprint density at radius 3 is 2.04 bits per heavy atom. The van der Waals surface area contributed by atoms with Crippen molar-refractivity contribution in [2.75, 3.05) is 0 Å². The van der Waals surface area contributed by atoms with E-state index in [-0.39, 0.29) is 11.4 Å². The summed E-state index contributed by atoms with van der Waals surface area (Å²) < 4.78 is 6.16. The smallest absolute Gasteiger partial charge is 0.357 e. The van der Waals surface area contributed by atoms with Crippen LogP contribution in [-0.2, 0) is 4.74 Å². The maximum atomic E-state index is 12.9. The van der Waals surface area contributed by atoms with Crippen molar-refractivity contribution in [2.24, 2.45) is 0 Å². The third-order valence-corrected chi connectivity index (χ3v) is 4.16. The average molecular weight is 397 g/mol. The number of hydrogen-bond donors (Lipinski definition) is 0. The average Bonchev–Trinajstić information content (AvgIpc) is 2.67. The Hall–Kier alpha value is -2.86. The van der Waals surface area contributed by atoms with Crippen LogP contribution in [0.5, 0.6) is 0 Å². The van der Waals surface area contributed by atoms with Crippen molar-refractivity contribution >= 4 is 27.7 Å². The number of carbonyl (C=O) groups excluding carboxylic acids is 2. The van der Waals surface area contributed by atoms with Crippen LogP contribution in [0.4, 0.5) is 0 Å². The van der Waals surface area contributed by atoms with E-state index in [4.69, 9.17) is 4.74 Å². The van der Waals surface area contributed by atoms with Crippen LogP contribution in [0.15, 0.2) is 77.5 Å². The number of Topliss-reactive ketones (excluding diaryl/α,β-unsaturated/α-hetero) is 1. The van der Waals surface area contributed by atoms with Gasteiger partial charge in [-0.05, 0) is 30.3 Å². The summed E-state index contributed by atoms with van der Waals surface area (Å²) in [7, 11) is 0. The zero-order chi connectivity index (χ0) is 17.6. The molecule has 2 heterocycles. The van der Waals surface area contributed by atoms with Crippen molar-refractivity contribution in [3.63, 3.8) is 0 Å². The molecule has 0 saturated heterocycles. The quantitative estimate of drug-likeness (QED) is 0.481. The van der Waals surface area contributed by atoms with Crippen LogP contribution in [0.2, 0.25) is 0 Å². The van der Waals surface area contributed by atoms with Crippen molar-refractivity contribution in [1.82, 2.24) is 9.97 Å². The Morgan fingerprint density at radius 2 is 1.44 bits per heavy atom. The number of ether oxygens (including phenoxy) is 1. The first-order valence-corrected chi connectivity index (χ1v) is 8.28. The maximum Gasteiger partial charge on any atom is 0.357 e. The van der Waals surface area contributed by atoms with Gasteiger partial charge in [-0.3, -0.25) is 9.78 Å². The molecule has 0 fully saturated rings. The molecule has 2 aromatic heterocycles. The molecule has 0 amide bonds. The van der Waals surface area contributed by atoms with Crippen LogP contribution in [0, 0.1) is 0 Å². The first-order valence-electron chi connectivity index (χ1n) is 7.48. The van der Waals surface area contributed by atoms with Gasteiger partial charge in [0, 0.05) is 22.4 Å². The van der Waals surface area contributed by atoms with E-state index in [9.17, 15) is 9.59 Å². The molecular formula is C19H13BrN2O3. The number of carbonyl (C=O) groups is 2. The van der Waals surface area contributed by atoms with E-state index < -0.39 is 17.9 Å². The van der Waals surface area contributed by atoms with E-state index in [1.165, 1.54) is 18.5 Å². The summed E-state index contributed by atoms with van der Waals surface area (Å²) in [6, 6.07) is 17.0. The number of rotatable bonds is 5. The van der Waals surface area contributed by atoms with Gasteiger partial charge in [-0.2, -0.15) is 0 Å². The van der Waals surface area contributed by atoms with E-state index >= 15 is 0 Å². The SMILES string of the molecule is O=C(OC(C(=O)c1ccccn1)c1ccccc1Br)c1ccccn1. The lowest BCUT2D eigenvalue weighted by Crippen LogP contribution is -2.22. The van der Waals surface area contributed by atoms with E-state index in [0.29, 0.717) is 10.0 Å². The summed E-state index contributed by atoms with van der Waals surface area (Å²) in [5.41, 5.74) is 0.896. The third-order valence-electron chi connectivity index (χ3n) is 3.44. The molecule has 3 aromatic rings. The topological polar surface area (TPSA) is 69.2 Å². The minimum absolute atomic E-state index is 0.133. The standard InChI is InChI=1S/C19H13BrN2O3/c20-14-8-2-1-7-13(14)18(17(23)15-9-3-5-11-21-15)25-19(24)16-10-4-6-12-22-16/h1-12,18H. The van der Waals surface area contributed by atoms with Crippen LogP contribution < -0.4 is 0 Å². The molecule has 5 nitrogen and oxygen atoms in total. The highest BCUT2D eigenvalue weighted by Crippen LogP contribution is 2.29. The zero-order valence-corrected chi connectivity index (χ0v) is 14.6. The summed E-state index contributed by atoms with van der Waals surface area (Å²) in [5, 5.41) is 0. The normalized spacial score (nSPS) is 11.6. The lowest BCUT2D eigenvalue weighted by Gasteiger charge is -2.18. The predicted molar refractivity (Wildman–Crippen MR) is 95.1 cm³/mol. The highest BCUT2D eigenvalue weighted by molar-refractivity contribution is 9.10. The number of pyridine rings is 2. The number of esters is 1. The van der Waals surface area contributed by atoms with Gasteiger partial charge in [0.15, 0.2) is 6.10 Å². The second-order valence-electron chi connectivity index (χ2n) is 5.10. The lowest BCUT2D eigenvalue weighted by atomic mass is 10.0. The third kappa shape index (κ3) is 3.97. The van der Waals surface area contributed by atoms with Gasteiger partial charge in [-0.1, -0.05) is 46.3 Å². The van der Waals surface area contributed by atoms with Crippen LogP contribution in [-0.4, -0.2) is 21.7 Å². The van der Waals surface area contributed by atoms with Crippen molar-refractivity contribution in [3.8, 4) is 0 Å². The first-order chi connectivity index (χ1) is 12.2. The monoisotopic (exact) mass is 396 g/mol. The lowest BCUT2D eigenvalue weighted by molar-refractivity contribution is 0.0271. The minimum Gasteiger partial charge on any atom is -0.444 e. The van der Waals surface area contributed by atoms with E-state index in [1.54, 1.807) is 48.5 Å². The molecule has 0 aliphatic heterocycles. The van der Waals surface area contributed by atoms with Crippen LogP contribution >= 0.6 is 15.9 Å². The Labute approximate surface area is 152 Å². The summed E-state index contributed by atoms with van der Waals surface area (Å²) in [6.07, 6.45) is 1.88. The summed E-state index contributed by atoms with van der Waals surface area (Å²) in [4.78, 5) is 33.3. The number of aromatic nitrogens is 2. The fraction of sp³-hybridized carbons (Fsp3) is 0.0526. The number of halogens is 1. The van der Waals surface area contributed by atoms with Gasteiger partial charge in [0.1, 0.15) is 11.4 Å². The molecule has 1 aromatic carbocycles. The number of ketones is 1. The highest BCUT2D eigenvalue weighted by atomic mass is 79.9. The van der Waals surface area contributed by atoms with Crippen molar-refractivity contribution < 1.29 is 14.3 Å². The molecule has 0 aliphatic carbocycles. The van der Waals surface area contributed by atoms with Gasteiger partial charge < -0.3 is 4.74 Å². The van der Waals surface area contributed by atoms with Gasteiger partial charge >= 0.3 is 5.97 Å². The minimum atomic E-state index is -1.13. The Morgan fingerprint density at radius 1 is 0.840 bits per heavy atom. The molecule has 0 bridgehead atoms. The number of hydrogen-bond acceptors (Lipinski definition) is 5. The molecule has 6 heteroatoms. The molecule has 0 aliphatic rings. The molecule has 0 N–H and O–H groups in total. The predicted octanol–water partition coefficient (Wildman–Crippen LogP) is 4.02. The molecule has 3 rings (SSSR count). The molecular weight excluding hydrogens is 384 g/mol. The van der Waals surface area contributed by atoms with E-state index in [1.807, 2.05) is 6.07 Å². The fourth-order valence-electron chi connectivity index (χ4n) is 2.24. The van der Waals surface area contributed by atoms with Crippen LogP contribution in [0.25, 0.3) is 0 Å². The first kappa shape index (κ1) is 17.0. The van der Waals surface area contributed by atoms with E-state index in [2.05, 4.69) is 25.9 Å². The molecule has 0 spiro atoms. The highest BCUT2D eigenvalue weighted by Gasteiger charge is 2.29. The summed E-state index contributed by atoms with van der Waals surface area (Å²) in [6.45, 7) is 0. The fourth-order valence-corrected chi connectivity index (χ4v) is 2.73. The van der Waals surface area contributed by atoms with Gasteiger partial charge in [0.2, 0.25) is 5.78 Å². The Balaban J connectivity index is 1.96. The van der Waals surface area contributed by atoms with Crippen molar-refractivity contribution in [2.45, 2.75) is 6.10 Å². The molecule has 1 atom stereocenters. The van der Waals surface area contributed by atoms with Crippen molar-refractivity contribution in [1.29, 1.82) is 0 Å². The largest absolute Gasteiger partial charge is 0.444 e. The molecule has 0 saturated carbocycles. The number of benzene rings is 1. The molecule has 1 unspecified atom stereocenters. The van der Waals surface area contributed by atoms with Crippen molar-refractivity contribution in [3.05, 3.63) is 94.5 Å². The summed E-state index contributed by atoms with van der Waals surface area (Å²) >= 11 is 3.40.